The van der Waals surface area contributed by atoms with Crippen molar-refractivity contribution in [1.29, 1.82) is 0 Å². The van der Waals surface area contributed by atoms with Crippen LogP contribution in [0.3, 0.4) is 0 Å². The summed E-state index contributed by atoms with van der Waals surface area (Å²) in [4.78, 5) is 11.8. The van der Waals surface area contributed by atoms with Gasteiger partial charge < -0.3 is 16.8 Å². The van der Waals surface area contributed by atoms with Gasteiger partial charge in [-0.3, -0.25) is 4.79 Å². The summed E-state index contributed by atoms with van der Waals surface area (Å²) >= 11 is 0. The highest BCUT2D eigenvalue weighted by Gasteiger charge is 2.15. The fraction of sp³-hybridized carbons (Fsp3) is 0.462. The molecule has 0 aliphatic carbocycles. The van der Waals surface area contributed by atoms with E-state index in [1.54, 1.807) is 0 Å². The highest BCUT2D eigenvalue weighted by Crippen LogP contribution is 2.15. The van der Waals surface area contributed by atoms with E-state index in [0.29, 0.717) is 18.9 Å². The summed E-state index contributed by atoms with van der Waals surface area (Å²) in [6.45, 7) is 4.48. The number of para-hydroxylation sites is 1. The molecule has 1 atom stereocenters. The van der Waals surface area contributed by atoms with Crippen molar-refractivity contribution < 1.29 is 4.79 Å². The van der Waals surface area contributed by atoms with E-state index in [4.69, 9.17) is 11.5 Å². The van der Waals surface area contributed by atoms with Crippen LogP contribution in [0, 0.1) is 5.92 Å². The first-order valence-electron chi connectivity index (χ1n) is 5.89. The lowest BCUT2D eigenvalue weighted by Crippen LogP contribution is -2.36. The predicted octanol–water partition coefficient (Wildman–Crippen LogP) is 1.46. The van der Waals surface area contributed by atoms with Gasteiger partial charge in [0.2, 0.25) is 5.91 Å². The van der Waals surface area contributed by atoms with Crippen LogP contribution < -0.4 is 16.8 Å². The van der Waals surface area contributed by atoms with Crippen LogP contribution in [0.1, 0.15) is 25.8 Å². The molecule has 0 unspecified atom stereocenters. The molecule has 4 nitrogen and oxygen atoms in total. The molecule has 0 aliphatic heterocycles. The quantitative estimate of drug-likeness (QED) is 0.722. The number of carbonyl (C=O) groups excluding carboxylic acids is 1. The molecule has 0 fully saturated rings. The zero-order chi connectivity index (χ0) is 12.8. The Morgan fingerprint density at radius 2 is 2.00 bits per heavy atom. The molecule has 1 aromatic rings. The molecule has 94 valence electrons. The van der Waals surface area contributed by atoms with E-state index in [0.717, 1.165) is 11.3 Å². The Morgan fingerprint density at radius 3 is 2.59 bits per heavy atom. The van der Waals surface area contributed by atoms with E-state index in [9.17, 15) is 4.79 Å². The molecule has 0 spiro atoms. The van der Waals surface area contributed by atoms with Gasteiger partial charge in [0.15, 0.2) is 0 Å². The van der Waals surface area contributed by atoms with Gasteiger partial charge >= 0.3 is 0 Å². The van der Waals surface area contributed by atoms with Gasteiger partial charge in [-0.05, 0) is 24.0 Å². The highest BCUT2D eigenvalue weighted by atomic mass is 16.2. The van der Waals surface area contributed by atoms with Crippen molar-refractivity contribution in [3.05, 3.63) is 29.8 Å². The molecular formula is C13H21N3O. The third-order valence-electron chi connectivity index (χ3n) is 2.56. The fourth-order valence-corrected chi connectivity index (χ4v) is 1.66. The Bertz CT molecular complexity index is 377. The Balaban J connectivity index is 2.67. The summed E-state index contributed by atoms with van der Waals surface area (Å²) in [7, 11) is 0. The second-order valence-corrected chi connectivity index (χ2v) is 4.59. The van der Waals surface area contributed by atoms with Crippen molar-refractivity contribution in [2.75, 3.05) is 5.32 Å². The van der Waals surface area contributed by atoms with Crippen molar-refractivity contribution >= 4 is 11.6 Å². The number of hydrogen-bond acceptors (Lipinski definition) is 3. The minimum absolute atomic E-state index is 0.153. The molecule has 1 aromatic carbocycles. The summed E-state index contributed by atoms with van der Waals surface area (Å²) in [5, 5.41) is 2.82. The number of anilines is 1. The first-order valence-corrected chi connectivity index (χ1v) is 5.89. The van der Waals surface area contributed by atoms with E-state index in [2.05, 4.69) is 5.32 Å². The molecular weight excluding hydrogens is 214 g/mol. The molecule has 0 radical (unpaired) electrons. The molecule has 1 rings (SSSR count). The third-order valence-corrected chi connectivity index (χ3v) is 2.56. The summed E-state index contributed by atoms with van der Waals surface area (Å²) in [5.74, 6) is 0.250. The highest BCUT2D eigenvalue weighted by molar-refractivity contribution is 5.95. The van der Waals surface area contributed by atoms with Gasteiger partial charge in [0.25, 0.3) is 0 Å². The van der Waals surface area contributed by atoms with Crippen LogP contribution in [0.5, 0.6) is 0 Å². The molecule has 0 heterocycles. The van der Waals surface area contributed by atoms with Gasteiger partial charge in [0, 0.05) is 12.2 Å². The Labute approximate surface area is 102 Å². The number of rotatable bonds is 5. The number of nitrogens with one attached hydrogen (secondary N) is 1. The minimum atomic E-state index is -0.471. The van der Waals surface area contributed by atoms with Crippen LogP contribution in [0.4, 0.5) is 5.69 Å². The second-order valence-electron chi connectivity index (χ2n) is 4.59. The van der Waals surface area contributed by atoms with E-state index in [1.807, 2.05) is 38.1 Å². The lowest BCUT2D eigenvalue weighted by molar-refractivity contribution is -0.117. The monoisotopic (exact) mass is 235 g/mol. The van der Waals surface area contributed by atoms with Crippen LogP contribution in [0.15, 0.2) is 24.3 Å². The standard InChI is InChI=1S/C13H21N3O/c1-9(2)7-11(15)13(17)16-12-6-4-3-5-10(12)8-14/h3-6,9,11H,7-8,14-15H2,1-2H3,(H,16,17)/t11-/m0/s1. The molecule has 5 N–H and O–H groups in total. The number of benzene rings is 1. The normalized spacial score (nSPS) is 12.5. The summed E-state index contributed by atoms with van der Waals surface area (Å²) < 4.78 is 0. The van der Waals surface area contributed by atoms with Gasteiger partial charge in [-0.25, -0.2) is 0 Å². The number of hydrogen-bond donors (Lipinski definition) is 3. The lowest BCUT2D eigenvalue weighted by Gasteiger charge is -2.15. The molecule has 0 aliphatic rings. The zero-order valence-electron chi connectivity index (χ0n) is 10.4. The SMILES string of the molecule is CC(C)C[C@H](N)C(=O)Nc1ccccc1CN. The van der Waals surface area contributed by atoms with E-state index >= 15 is 0 Å². The summed E-state index contributed by atoms with van der Waals surface area (Å²) in [6, 6.07) is 7.02. The molecule has 1 amide bonds. The minimum Gasteiger partial charge on any atom is -0.326 e. The van der Waals surface area contributed by atoms with E-state index < -0.39 is 6.04 Å². The molecule has 17 heavy (non-hydrogen) atoms. The maximum atomic E-state index is 11.8. The number of nitrogens with two attached hydrogens (primary N) is 2. The molecule has 0 saturated heterocycles. The summed E-state index contributed by atoms with van der Waals surface area (Å²) in [5.41, 5.74) is 13.1. The second kappa shape index (κ2) is 6.37. The smallest absolute Gasteiger partial charge is 0.241 e. The first kappa shape index (κ1) is 13.7. The molecule has 0 bridgehead atoms. The van der Waals surface area contributed by atoms with Crippen molar-refractivity contribution in [3.8, 4) is 0 Å². The van der Waals surface area contributed by atoms with Crippen molar-refractivity contribution in [3.63, 3.8) is 0 Å². The van der Waals surface area contributed by atoms with Crippen LogP contribution in [-0.4, -0.2) is 11.9 Å². The van der Waals surface area contributed by atoms with E-state index in [1.165, 1.54) is 0 Å². The summed E-state index contributed by atoms with van der Waals surface area (Å²) in [6.07, 6.45) is 0.677. The predicted molar refractivity (Wildman–Crippen MR) is 70.4 cm³/mol. The van der Waals surface area contributed by atoms with Gasteiger partial charge in [0.1, 0.15) is 0 Å². The van der Waals surface area contributed by atoms with Crippen molar-refractivity contribution in [1.82, 2.24) is 0 Å². The first-order chi connectivity index (χ1) is 8.04. The van der Waals surface area contributed by atoms with Crippen molar-refractivity contribution in [2.24, 2.45) is 17.4 Å². The van der Waals surface area contributed by atoms with Crippen LogP contribution in [0.2, 0.25) is 0 Å². The molecule has 0 aromatic heterocycles. The van der Waals surface area contributed by atoms with Crippen molar-refractivity contribution in [2.45, 2.75) is 32.9 Å². The average molecular weight is 235 g/mol. The third kappa shape index (κ3) is 4.17. The Morgan fingerprint density at radius 1 is 1.35 bits per heavy atom. The Hall–Kier alpha value is -1.39. The zero-order valence-corrected chi connectivity index (χ0v) is 10.4. The van der Waals surface area contributed by atoms with E-state index in [-0.39, 0.29) is 5.91 Å². The largest absolute Gasteiger partial charge is 0.326 e. The van der Waals surface area contributed by atoms with Gasteiger partial charge in [0.05, 0.1) is 6.04 Å². The topological polar surface area (TPSA) is 81.1 Å². The maximum Gasteiger partial charge on any atom is 0.241 e. The fourth-order valence-electron chi connectivity index (χ4n) is 1.66. The average Bonchev–Trinajstić information content (AvgIpc) is 2.28. The van der Waals surface area contributed by atoms with Crippen LogP contribution >= 0.6 is 0 Å². The number of amides is 1. The van der Waals surface area contributed by atoms with Gasteiger partial charge in [-0.2, -0.15) is 0 Å². The molecule has 0 saturated carbocycles. The van der Waals surface area contributed by atoms with Gasteiger partial charge in [-0.1, -0.05) is 32.0 Å². The number of carbonyl (C=O) groups is 1. The van der Waals surface area contributed by atoms with Gasteiger partial charge in [-0.15, -0.1) is 0 Å². The maximum absolute atomic E-state index is 11.8. The Kier molecular flexibility index (Phi) is 5.12. The van der Waals surface area contributed by atoms with Crippen LogP contribution in [-0.2, 0) is 11.3 Å². The van der Waals surface area contributed by atoms with Crippen LogP contribution in [0.25, 0.3) is 0 Å². The lowest BCUT2D eigenvalue weighted by atomic mass is 10.0. The molecule has 4 heteroatoms.